The average molecular weight is 244 g/mol. The first-order chi connectivity index (χ1) is 7.58. The molecule has 0 aliphatic heterocycles. The Morgan fingerprint density at radius 3 is 2.81 bits per heavy atom. The van der Waals surface area contributed by atoms with Crippen LogP contribution in [0.1, 0.15) is 13.3 Å². The summed E-state index contributed by atoms with van der Waals surface area (Å²) >= 11 is 5.75. The third-order valence-corrected chi connectivity index (χ3v) is 2.49. The molecule has 0 bridgehead atoms. The zero-order valence-corrected chi connectivity index (χ0v) is 9.91. The average Bonchev–Trinajstić information content (AvgIpc) is 2.29. The number of rotatable bonds is 4. The van der Waals surface area contributed by atoms with E-state index in [0.29, 0.717) is 12.1 Å². The minimum absolute atomic E-state index is 0.0123. The normalized spacial score (nSPS) is 11.9. The van der Waals surface area contributed by atoms with Gasteiger partial charge in [-0.2, -0.15) is 0 Å². The maximum absolute atomic E-state index is 11.3. The van der Waals surface area contributed by atoms with Crippen molar-refractivity contribution >= 4 is 23.3 Å². The standard InChI is InChI=1S/C11H14ClNO3/c1-3-9(11(15)16-2)13-7-4-5-10(14)8(12)6-7/h4-6,9,13-14H,3H2,1-2H3. The van der Waals surface area contributed by atoms with Crippen LogP contribution >= 0.6 is 11.6 Å². The topological polar surface area (TPSA) is 58.6 Å². The Morgan fingerprint density at radius 1 is 1.62 bits per heavy atom. The maximum Gasteiger partial charge on any atom is 0.328 e. The summed E-state index contributed by atoms with van der Waals surface area (Å²) in [4.78, 5) is 11.3. The number of phenols is 1. The number of hydrogen-bond acceptors (Lipinski definition) is 4. The molecule has 0 aliphatic carbocycles. The van der Waals surface area contributed by atoms with Crippen molar-refractivity contribution in [3.8, 4) is 5.75 Å². The van der Waals surface area contributed by atoms with Gasteiger partial charge in [0, 0.05) is 5.69 Å². The Hall–Kier alpha value is -1.42. The van der Waals surface area contributed by atoms with Gasteiger partial charge in [0.25, 0.3) is 0 Å². The van der Waals surface area contributed by atoms with Gasteiger partial charge < -0.3 is 15.2 Å². The number of halogens is 1. The molecule has 0 saturated carbocycles. The fraction of sp³-hybridized carbons (Fsp3) is 0.364. The molecule has 4 nitrogen and oxygen atoms in total. The van der Waals surface area contributed by atoms with Crippen molar-refractivity contribution in [2.75, 3.05) is 12.4 Å². The van der Waals surface area contributed by atoms with Crippen molar-refractivity contribution < 1.29 is 14.6 Å². The summed E-state index contributed by atoms with van der Waals surface area (Å²) in [5, 5.41) is 12.5. The summed E-state index contributed by atoms with van der Waals surface area (Å²) in [5.74, 6) is -0.315. The van der Waals surface area contributed by atoms with E-state index in [9.17, 15) is 9.90 Å². The van der Waals surface area contributed by atoms with Gasteiger partial charge in [-0.05, 0) is 24.6 Å². The van der Waals surface area contributed by atoms with Crippen LogP contribution in [-0.4, -0.2) is 24.2 Å². The number of phenolic OH excluding ortho intramolecular Hbond substituents is 1. The molecule has 0 aromatic heterocycles. The van der Waals surface area contributed by atoms with Crippen LogP contribution in [-0.2, 0) is 9.53 Å². The number of aromatic hydroxyl groups is 1. The van der Waals surface area contributed by atoms with Crippen molar-refractivity contribution in [3.63, 3.8) is 0 Å². The number of methoxy groups -OCH3 is 1. The van der Waals surface area contributed by atoms with Gasteiger partial charge in [-0.3, -0.25) is 0 Å². The summed E-state index contributed by atoms with van der Waals surface area (Å²) in [7, 11) is 1.34. The lowest BCUT2D eigenvalue weighted by Crippen LogP contribution is -2.29. The first-order valence-corrected chi connectivity index (χ1v) is 5.29. The number of nitrogens with one attached hydrogen (secondary N) is 1. The number of carbonyl (C=O) groups is 1. The number of benzene rings is 1. The fourth-order valence-corrected chi connectivity index (χ4v) is 1.45. The zero-order chi connectivity index (χ0) is 12.1. The summed E-state index contributed by atoms with van der Waals surface area (Å²) < 4.78 is 4.65. The highest BCUT2D eigenvalue weighted by Crippen LogP contribution is 2.26. The first kappa shape index (κ1) is 12.6. The Balaban J connectivity index is 2.78. The predicted molar refractivity (Wildman–Crippen MR) is 62.8 cm³/mol. The van der Waals surface area contributed by atoms with Crippen LogP contribution in [0, 0.1) is 0 Å². The molecule has 1 aromatic rings. The third-order valence-electron chi connectivity index (χ3n) is 2.18. The quantitative estimate of drug-likeness (QED) is 0.630. The van der Waals surface area contributed by atoms with E-state index in [2.05, 4.69) is 10.1 Å². The van der Waals surface area contributed by atoms with Crippen LogP contribution in [0.4, 0.5) is 5.69 Å². The number of esters is 1. The van der Waals surface area contributed by atoms with E-state index in [1.54, 1.807) is 12.1 Å². The minimum atomic E-state index is -0.411. The summed E-state index contributed by atoms with van der Waals surface area (Å²) in [6.45, 7) is 1.87. The SMILES string of the molecule is CCC(Nc1ccc(O)c(Cl)c1)C(=O)OC. The highest BCUT2D eigenvalue weighted by Gasteiger charge is 2.16. The molecule has 16 heavy (non-hydrogen) atoms. The van der Waals surface area contributed by atoms with E-state index < -0.39 is 6.04 Å². The van der Waals surface area contributed by atoms with Crippen molar-refractivity contribution in [2.24, 2.45) is 0 Å². The molecule has 0 radical (unpaired) electrons. The molecule has 0 amide bonds. The van der Waals surface area contributed by atoms with Gasteiger partial charge >= 0.3 is 5.97 Å². The Kier molecular flexibility index (Phi) is 4.43. The number of carbonyl (C=O) groups excluding carboxylic acids is 1. The largest absolute Gasteiger partial charge is 0.506 e. The second kappa shape index (κ2) is 5.61. The summed E-state index contributed by atoms with van der Waals surface area (Å²) in [6, 6.07) is 4.26. The lowest BCUT2D eigenvalue weighted by atomic mass is 10.2. The molecule has 0 fully saturated rings. The molecule has 0 saturated heterocycles. The minimum Gasteiger partial charge on any atom is -0.506 e. The first-order valence-electron chi connectivity index (χ1n) is 4.91. The smallest absolute Gasteiger partial charge is 0.328 e. The van der Waals surface area contributed by atoms with E-state index in [4.69, 9.17) is 11.6 Å². The Morgan fingerprint density at radius 2 is 2.31 bits per heavy atom. The molecule has 1 unspecified atom stereocenters. The molecule has 5 heteroatoms. The maximum atomic E-state index is 11.3. The molecule has 0 heterocycles. The summed E-state index contributed by atoms with van der Waals surface area (Å²) in [6.07, 6.45) is 0.602. The van der Waals surface area contributed by atoms with Gasteiger partial charge in [-0.25, -0.2) is 4.79 Å². The second-order valence-corrected chi connectivity index (χ2v) is 3.70. The third kappa shape index (κ3) is 3.03. The molecule has 1 aromatic carbocycles. The molecular weight excluding hydrogens is 230 g/mol. The van der Waals surface area contributed by atoms with Crippen LogP contribution < -0.4 is 5.32 Å². The zero-order valence-electron chi connectivity index (χ0n) is 9.16. The van der Waals surface area contributed by atoms with Gasteiger partial charge in [0.05, 0.1) is 12.1 Å². The van der Waals surface area contributed by atoms with Crippen molar-refractivity contribution in [1.29, 1.82) is 0 Å². The molecule has 0 aliphatic rings. The highest BCUT2D eigenvalue weighted by molar-refractivity contribution is 6.32. The summed E-state index contributed by atoms with van der Waals surface area (Å²) in [5.41, 5.74) is 0.667. The molecular formula is C11H14ClNO3. The molecule has 2 N–H and O–H groups in total. The monoisotopic (exact) mass is 243 g/mol. The van der Waals surface area contributed by atoms with E-state index >= 15 is 0 Å². The van der Waals surface area contributed by atoms with Gasteiger partial charge in [-0.15, -0.1) is 0 Å². The highest BCUT2D eigenvalue weighted by atomic mass is 35.5. The number of hydrogen-bond donors (Lipinski definition) is 2. The lowest BCUT2D eigenvalue weighted by Gasteiger charge is -2.15. The van der Waals surface area contributed by atoms with Gasteiger partial charge in [-0.1, -0.05) is 18.5 Å². The lowest BCUT2D eigenvalue weighted by molar-refractivity contribution is -0.141. The molecule has 0 spiro atoms. The van der Waals surface area contributed by atoms with Crippen molar-refractivity contribution in [2.45, 2.75) is 19.4 Å². The number of anilines is 1. The van der Waals surface area contributed by atoms with E-state index in [1.807, 2.05) is 6.92 Å². The van der Waals surface area contributed by atoms with E-state index in [-0.39, 0.29) is 16.7 Å². The van der Waals surface area contributed by atoms with Crippen LogP contribution in [0.2, 0.25) is 5.02 Å². The Bertz CT molecular complexity index is 381. The van der Waals surface area contributed by atoms with Gasteiger partial charge in [0.2, 0.25) is 0 Å². The van der Waals surface area contributed by atoms with Crippen molar-refractivity contribution in [1.82, 2.24) is 0 Å². The van der Waals surface area contributed by atoms with Crippen LogP contribution in [0.3, 0.4) is 0 Å². The van der Waals surface area contributed by atoms with Crippen LogP contribution in [0.5, 0.6) is 5.75 Å². The predicted octanol–water partition coefficient (Wildman–Crippen LogP) is 2.41. The fourth-order valence-electron chi connectivity index (χ4n) is 1.27. The van der Waals surface area contributed by atoms with Crippen LogP contribution in [0.15, 0.2) is 18.2 Å². The van der Waals surface area contributed by atoms with Gasteiger partial charge in [0.1, 0.15) is 11.8 Å². The molecule has 88 valence electrons. The second-order valence-electron chi connectivity index (χ2n) is 3.29. The van der Waals surface area contributed by atoms with Gasteiger partial charge in [0.15, 0.2) is 0 Å². The van der Waals surface area contributed by atoms with Crippen LogP contribution in [0.25, 0.3) is 0 Å². The number of ether oxygens (including phenoxy) is 1. The van der Waals surface area contributed by atoms with Crippen molar-refractivity contribution in [3.05, 3.63) is 23.2 Å². The van der Waals surface area contributed by atoms with E-state index in [0.717, 1.165) is 0 Å². The van der Waals surface area contributed by atoms with E-state index in [1.165, 1.54) is 13.2 Å². The molecule has 1 rings (SSSR count). The molecule has 1 atom stereocenters. The Labute approximate surface area is 99.2 Å².